The van der Waals surface area contributed by atoms with Crippen LogP contribution >= 0.6 is 0 Å². The highest BCUT2D eigenvalue weighted by Crippen LogP contribution is 2.15. The summed E-state index contributed by atoms with van der Waals surface area (Å²) in [6, 6.07) is 1.31. The standard InChI is InChI=1S/C9H13NO3/c1-6(2)10-5-7(11)4-8(13-3)9(10)12/h4-6,11H,1-3H3. The Morgan fingerprint density at radius 1 is 1.54 bits per heavy atom. The van der Waals surface area contributed by atoms with E-state index in [1.165, 1.54) is 23.9 Å². The summed E-state index contributed by atoms with van der Waals surface area (Å²) in [6.45, 7) is 3.72. The fourth-order valence-corrected chi connectivity index (χ4v) is 1.09. The molecule has 13 heavy (non-hydrogen) atoms. The van der Waals surface area contributed by atoms with Gasteiger partial charge in [-0.1, -0.05) is 0 Å². The molecule has 1 rings (SSSR count). The number of ether oxygens (including phenoxy) is 1. The molecule has 4 nitrogen and oxygen atoms in total. The Hall–Kier alpha value is -1.45. The third-order valence-electron chi connectivity index (χ3n) is 1.77. The Morgan fingerprint density at radius 2 is 2.15 bits per heavy atom. The number of methoxy groups -OCH3 is 1. The molecular weight excluding hydrogens is 170 g/mol. The van der Waals surface area contributed by atoms with Crippen molar-refractivity contribution in [1.29, 1.82) is 0 Å². The Labute approximate surface area is 76.4 Å². The van der Waals surface area contributed by atoms with Crippen LogP contribution in [0.25, 0.3) is 0 Å². The van der Waals surface area contributed by atoms with Crippen LogP contribution < -0.4 is 10.3 Å². The summed E-state index contributed by atoms with van der Waals surface area (Å²) >= 11 is 0. The van der Waals surface area contributed by atoms with Crippen molar-refractivity contribution in [2.45, 2.75) is 19.9 Å². The van der Waals surface area contributed by atoms with Gasteiger partial charge in [-0.2, -0.15) is 0 Å². The minimum absolute atomic E-state index is 0.00787. The second-order valence-electron chi connectivity index (χ2n) is 3.07. The van der Waals surface area contributed by atoms with Crippen molar-refractivity contribution in [3.63, 3.8) is 0 Å². The summed E-state index contributed by atoms with van der Waals surface area (Å²) in [5.74, 6) is 0.193. The molecule has 0 unspecified atom stereocenters. The van der Waals surface area contributed by atoms with Crippen molar-refractivity contribution in [2.24, 2.45) is 0 Å². The van der Waals surface area contributed by atoms with Gasteiger partial charge in [0.1, 0.15) is 5.75 Å². The molecule has 0 saturated heterocycles. The molecule has 0 bridgehead atoms. The average molecular weight is 183 g/mol. The second-order valence-corrected chi connectivity index (χ2v) is 3.07. The van der Waals surface area contributed by atoms with Crippen LogP contribution in [0, 0.1) is 0 Å². The van der Waals surface area contributed by atoms with E-state index in [9.17, 15) is 9.90 Å². The lowest BCUT2D eigenvalue weighted by Gasteiger charge is -2.11. The van der Waals surface area contributed by atoms with Crippen LogP contribution in [0.2, 0.25) is 0 Å². The molecule has 0 radical (unpaired) electrons. The Balaban J connectivity index is 3.36. The number of aromatic nitrogens is 1. The van der Waals surface area contributed by atoms with Gasteiger partial charge in [-0.25, -0.2) is 0 Å². The predicted molar refractivity (Wildman–Crippen MR) is 49.3 cm³/mol. The SMILES string of the molecule is COc1cc(O)cn(C(C)C)c1=O. The van der Waals surface area contributed by atoms with Gasteiger partial charge < -0.3 is 14.4 Å². The molecule has 0 aliphatic rings. The Kier molecular flexibility index (Phi) is 2.60. The first-order valence-electron chi connectivity index (χ1n) is 4.05. The normalized spacial score (nSPS) is 10.5. The molecule has 0 aliphatic heterocycles. The molecule has 0 aliphatic carbocycles. The van der Waals surface area contributed by atoms with E-state index >= 15 is 0 Å². The van der Waals surface area contributed by atoms with E-state index < -0.39 is 0 Å². The minimum Gasteiger partial charge on any atom is -0.506 e. The maximum atomic E-state index is 11.5. The highest BCUT2D eigenvalue weighted by molar-refractivity contribution is 5.28. The summed E-state index contributed by atoms with van der Waals surface area (Å²) in [4.78, 5) is 11.5. The van der Waals surface area contributed by atoms with E-state index in [4.69, 9.17) is 4.74 Å². The highest BCUT2D eigenvalue weighted by atomic mass is 16.5. The van der Waals surface area contributed by atoms with Gasteiger partial charge in [0.05, 0.1) is 7.11 Å². The molecule has 0 amide bonds. The van der Waals surface area contributed by atoms with Crippen LogP contribution in [0.4, 0.5) is 0 Å². The smallest absolute Gasteiger partial charge is 0.293 e. The first-order valence-corrected chi connectivity index (χ1v) is 4.05. The lowest BCUT2D eigenvalue weighted by atomic mass is 10.3. The number of rotatable bonds is 2. The van der Waals surface area contributed by atoms with Crippen LogP contribution in [-0.2, 0) is 0 Å². The van der Waals surface area contributed by atoms with Crippen molar-refractivity contribution < 1.29 is 9.84 Å². The van der Waals surface area contributed by atoms with Gasteiger partial charge in [-0.05, 0) is 13.8 Å². The number of hydrogen-bond donors (Lipinski definition) is 1. The van der Waals surface area contributed by atoms with Crippen molar-refractivity contribution in [1.82, 2.24) is 4.57 Å². The number of aromatic hydroxyl groups is 1. The Morgan fingerprint density at radius 3 is 2.62 bits per heavy atom. The zero-order valence-corrected chi connectivity index (χ0v) is 7.94. The van der Waals surface area contributed by atoms with Crippen molar-refractivity contribution >= 4 is 0 Å². The monoisotopic (exact) mass is 183 g/mol. The van der Waals surface area contributed by atoms with Gasteiger partial charge in [0.2, 0.25) is 0 Å². The van der Waals surface area contributed by atoms with Crippen molar-refractivity contribution in [3.05, 3.63) is 22.6 Å². The van der Waals surface area contributed by atoms with Gasteiger partial charge >= 0.3 is 0 Å². The zero-order valence-electron chi connectivity index (χ0n) is 7.94. The summed E-state index contributed by atoms with van der Waals surface area (Å²) in [7, 11) is 1.40. The van der Waals surface area contributed by atoms with Gasteiger partial charge in [-0.15, -0.1) is 0 Å². The molecule has 1 aromatic rings. The fraction of sp³-hybridized carbons (Fsp3) is 0.444. The lowest BCUT2D eigenvalue weighted by molar-refractivity contribution is 0.387. The maximum absolute atomic E-state index is 11.5. The number of nitrogens with zero attached hydrogens (tertiary/aromatic N) is 1. The minimum atomic E-state index is -0.227. The molecule has 1 N–H and O–H groups in total. The molecule has 0 spiro atoms. The number of hydrogen-bond acceptors (Lipinski definition) is 3. The molecule has 0 aromatic carbocycles. The van der Waals surface area contributed by atoms with Gasteiger partial charge in [-0.3, -0.25) is 4.79 Å². The third-order valence-corrected chi connectivity index (χ3v) is 1.77. The van der Waals surface area contributed by atoms with Gasteiger partial charge in [0.25, 0.3) is 5.56 Å². The second kappa shape index (κ2) is 3.51. The maximum Gasteiger partial charge on any atom is 0.293 e. The zero-order chi connectivity index (χ0) is 10.0. The first-order chi connectivity index (χ1) is 6.06. The third kappa shape index (κ3) is 1.83. The van der Waals surface area contributed by atoms with Crippen LogP contribution in [0.5, 0.6) is 11.5 Å². The number of pyridine rings is 1. The fourth-order valence-electron chi connectivity index (χ4n) is 1.09. The summed E-state index contributed by atoms with van der Waals surface area (Å²) < 4.78 is 6.25. The van der Waals surface area contributed by atoms with E-state index in [-0.39, 0.29) is 23.1 Å². The molecule has 4 heteroatoms. The van der Waals surface area contributed by atoms with E-state index in [0.29, 0.717) is 0 Å². The van der Waals surface area contributed by atoms with Gasteiger partial charge in [0, 0.05) is 18.3 Å². The van der Waals surface area contributed by atoms with E-state index in [0.717, 1.165) is 0 Å². The molecule has 0 atom stereocenters. The molecule has 0 saturated carbocycles. The van der Waals surface area contributed by atoms with Crippen LogP contribution in [0.3, 0.4) is 0 Å². The first kappa shape index (κ1) is 9.64. The summed E-state index contributed by atoms with van der Waals surface area (Å²) in [5.41, 5.74) is -0.227. The van der Waals surface area contributed by atoms with Crippen LogP contribution in [0.1, 0.15) is 19.9 Å². The highest BCUT2D eigenvalue weighted by Gasteiger charge is 2.08. The molecule has 72 valence electrons. The topological polar surface area (TPSA) is 51.5 Å². The average Bonchev–Trinajstić information content (AvgIpc) is 2.08. The Bertz CT molecular complexity index is 354. The van der Waals surface area contributed by atoms with E-state index in [1.807, 2.05) is 13.8 Å². The van der Waals surface area contributed by atoms with Crippen molar-refractivity contribution in [2.75, 3.05) is 7.11 Å². The lowest BCUT2D eigenvalue weighted by Crippen LogP contribution is -2.22. The van der Waals surface area contributed by atoms with E-state index in [1.54, 1.807) is 0 Å². The summed E-state index contributed by atoms with van der Waals surface area (Å²) in [6.07, 6.45) is 1.40. The molecule has 0 fully saturated rings. The van der Waals surface area contributed by atoms with Crippen LogP contribution in [0.15, 0.2) is 17.1 Å². The predicted octanol–water partition coefficient (Wildman–Crippen LogP) is 1.14. The quantitative estimate of drug-likeness (QED) is 0.748. The molecular formula is C9H13NO3. The van der Waals surface area contributed by atoms with Crippen molar-refractivity contribution in [3.8, 4) is 11.5 Å². The largest absolute Gasteiger partial charge is 0.506 e. The molecule has 1 heterocycles. The van der Waals surface area contributed by atoms with Crippen LogP contribution in [-0.4, -0.2) is 16.8 Å². The summed E-state index contributed by atoms with van der Waals surface area (Å²) in [5, 5.41) is 9.26. The molecule has 1 aromatic heterocycles. The van der Waals surface area contributed by atoms with Gasteiger partial charge in [0.15, 0.2) is 5.75 Å². The van der Waals surface area contributed by atoms with E-state index in [2.05, 4.69) is 0 Å².